The van der Waals surface area contributed by atoms with Crippen LogP contribution in [0.15, 0.2) is 6.07 Å². The maximum absolute atomic E-state index is 11.3. The van der Waals surface area contributed by atoms with E-state index in [9.17, 15) is 4.79 Å². The summed E-state index contributed by atoms with van der Waals surface area (Å²) in [6.07, 6.45) is 0. The van der Waals surface area contributed by atoms with Crippen molar-refractivity contribution in [3.8, 4) is 0 Å². The number of nitrogens with one attached hydrogen (secondary N) is 1. The van der Waals surface area contributed by atoms with E-state index in [1.54, 1.807) is 7.05 Å². The van der Waals surface area contributed by atoms with Crippen LogP contribution >= 0.6 is 0 Å². The van der Waals surface area contributed by atoms with Gasteiger partial charge < -0.3 is 5.32 Å². The van der Waals surface area contributed by atoms with Crippen LogP contribution in [0.4, 0.5) is 0 Å². The van der Waals surface area contributed by atoms with Gasteiger partial charge in [0.2, 0.25) is 0 Å². The second-order valence-electron chi connectivity index (χ2n) is 3.56. The molecule has 0 spiro atoms. The van der Waals surface area contributed by atoms with E-state index in [1.165, 1.54) is 0 Å². The van der Waals surface area contributed by atoms with Gasteiger partial charge in [0.15, 0.2) is 0 Å². The smallest absolute Gasteiger partial charge is 0.271 e. The zero-order valence-corrected chi connectivity index (χ0v) is 8.45. The molecule has 2 heterocycles. The predicted molar refractivity (Wildman–Crippen MR) is 52.0 cm³/mol. The second kappa shape index (κ2) is 3.42. The number of nitrogens with zero attached hydrogens (tertiary/aromatic N) is 3. The van der Waals surface area contributed by atoms with Crippen LogP contribution in [-0.4, -0.2) is 41.2 Å². The summed E-state index contributed by atoms with van der Waals surface area (Å²) in [6.45, 7) is 2.72. The van der Waals surface area contributed by atoms with E-state index < -0.39 is 0 Å². The van der Waals surface area contributed by atoms with Crippen molar-refractivity contribution in [2.75, 3.05) is 20.6 Å². The quantitative estimate of drug-likeness (QED) is 0.667. The van der Waals surface area contributed by atoms with Crippen LogP contribution in [0.25, 0.3) is 0 Å². The van der Waals surface area contributed by atoms with Crippen LogP contribution in [0.3, 0.4) is 0 Å². The van der Waals surface area contributed by atoms with Crippen LogP contribution in [-0.2, 0) is 13.1 Å². The molecule has 1 aromatic heterocycles. The SMILES string of the molecule is CNC(=O)c1cc2n(n1)CCN(C)C2. The minimum absolute atomic E-state index is 0.116. The number of hydrogen-bond donors (Lipinski definition) is 1. The third-order valence-corrected chi connectivity index (χ3v) is 2.45. The third kappa shape index (κ3) is 1.50. The summed E-state index contributed by atoms with van der Waals surface area (Å²) in [4.78, 5) is 13.5. The first-order valence-corrected chi connectivity index (χ1v) is 4.68. The average Bonchev–Trinajstić information content (AvgIpc) is 2.59. The number of fused-ring (bicyclic) bond motifs is 1. The van der Waals surface area contributed by atoms with Gasteiger partial charge in [-0.1, -0.05) is 0 Å². The molecule has 0 unspecified atom stereocenters. The molecule has 5 heteroatoms. The number of carbonyl (C=O) groups excluding carboxylic acids is 1. The first-order valence-electron chi connectivity index (χ1n) is 4.68. The van der Waals surface area contributed by atoms with E-state index in [-0.39, 0.29) is 5.91 Å². The van der Waals surface area contributed by atoms with Crippen LogP contribution < -0.4 is 5.32 Å². The van der Waals surface area contributed by atoms with Gasteiger partial charge in [0.1, 0.15) is 5.69 Å². The average molecular weight is 194 g/mol. The molecule has 0 aliphatic carbocycles. The molecule has 0 atom stereocenters. The highest BCUT2D eigenvalue weighted by atomic mass is 16.1. The minimum atomic E-state index is -0.116. The molecule has 1 amide bonds. The van der Waals surface area contributed by atoms with Crippen molar-refractivity contribution in [2.45, 2.75) is 13.1 Å². The van der Waals surface area contributed by atoms with Crippen LogP contribution in [0.5, 0.6) is 0 Å². The summed E-state index contributed by atoms with van der Waals surface area (Å²) < 4.78 is 1.91. The van der Waals surface area contributed by atoms with Gasteiger partial charge in [-0.15, -0.1) is 0 Å². The Kier molecular flexibility index (Phi) is 2.25. The first kappa shape index (κ1) is 9.21. The normalized spacial score (nSPS) is 16.4. The number of hydrogen-bond acceptors (Lipinski definition) is 3. The Labute approximate surface area is 82.7 Å². The van der Waals surface area contributed by atoms with Crippen molar-refractivity contribution in [3.63, 3.8) is 0 Å². The molecule has 1 aromatic rings. The molecule has 0 bridgehead atoms. The lowest BCUT2D eigenvalue weighted by Crippen LogP contribution is -2.30. The second-order valence-corrected chi connectivity index (χ2v) is 3.56. The zero-order chi connectivity index (χ0) is 10.1. The lowest BCUT2D eigenvalue weighted by molar-refractivity contribution is 0.0957. The van der Waals surface area contributed by atoms with Gasteiger partial charge in [0.25, 0.3) is 5.91 Å². The van der Waals surface area contributed by atoms with E-state index in [0.717, 1.165) is 25.3 Å². The Balaban J connectivity index is 2.27. The lowest BCUT2D eigenvalue weighted by Gasteiger charge is -2.22. The Bertz CT molecular complexity index is 358. The highest BCUT2D eigenvalue weighted by Gasteiger charge is 2.17. The molecule has 14 heavy (non-hydrogen) atoms. The monoisotopic (exact) mass is 194 g/mol. The first-order chi connectivity index (χ1) is 6.70. The summed E-state index contributed by atoms with van der Waals surface area (Å²) in [5, 5.41) is 6.81. The summed E-state index contributed by atoms with van der Waals surface area (Å²) in [5.41, 5.74) is 1.62. The largest absolute Gasteiger partial charge is 0.354 e. The molecule has 0 aromatic carbocycles. The van der Waals surface area contributed by atoms with E-state index in [1.807, 2.05) is 10.7 Å². The highest BCUT2D eigenvalue weighted by molar-refractivity contribution is 5.92. The van der Waals surface area contributed by atoms with Gasteiger partial charge in [-0.3, -0.25) is 14.4 Å². The van der Waals surface area contributed by atoms with Gasteiger partial charge in [-0.2, -0.15) is 5.10 Å². The highest BCUT2D eigenvalue weighted by Crippen LogP contribution is 2.11. The fraction of sp³-hybridized carbons (Fsp3) is 0.556. The van der Waals surface area contributed by atoms with Crippen LogP contribution in [0.1, 0.15) is 16.2 Å². The molecular formula is C9H14N4O. The molecule has 0 saturated carbocycles. The van der Waals surface area contributed by atoms with Crippen molar-refractivity contribution in [1.82, 2.24) is 20.0 Å². The molecule has 0 saturated heterocycles. The molecule has 2 rings (SSSR count). The van der Waals surface area contributed by atoms with Gasteiger partial charge in [-0.05, 0) is 13.1 Å². The summed E-state index contributed by atoms with van der Waals surface area (Å²) >= 11 is 0. The molecule has 1 N–H and O–H groups in total. The Hall–Kier alpha value is -1.36. The summed E-state index contributed by atoms with van der Waals surface area (Å²) in [7, 11) is 3.68. The van der Waals surface area contributed by atoms with Gasteiger partial charge >= 0.3 is 0 Å². The third-order valence-electron chi connectivity index (χ3n) is 2.45. The molecule has 76 valence electrons. The molecular weight excluding hydrogens is 180 g/mol. The van der Waals surface area contributed by atoms with Crippen LogP contribution in [0.2, 0.25) is 0 Å². The van der Waals surface area contributed by atoms with Crippen molar-refractivity contribution >= 4 is 5.91 Å². The van der Waals surface area contributed by atoms with Crippen molar-refractivity contribution in [1.29, 1.82) is 0 Å². The maximum atomic E-state index is 11.3. The standard InChI is InChI=1S/C9H14N4O/c1-10-9(14)8-5-7-6-12(2)3-4-13(7)11-8/h5H,3-4,6H2,1-2H3,(H,10,14). The van der Waals surface area contributed by atoms with E-state index in [0.29, 0.717) is 5.69 Å². The molecule has 5 nitrogen and oxygen atoms in total. The van der Waals surface area contributed by atoms with E-state index in [2.05, 4.69) is 22.4 Å². The van der Waals surface area contributed by atoms with Gasteiger partial charge in [-0.25, -0.2) is 0 Å². The Morgan fingerprint density at radius 1 is 1.57 bits per heavy atom. The van der Waals surface area contributed by atoms with Crippen molar-refractivity contribution in [3.05, 3.63) is 17.5 Å². The topological polar surface area (TPSA) is 50.2 Å². The predicted octanol–water partition coefficient (Wildman–Crippen LogP) is -0.312. The van der Waals surface area contributed by atoms with E-state index in [4.69, 9.17) is 0 Å². The number of amides is 1. The molecule has 1 aliphatic heterocycles. The van der Waals surface area contributed by atoms with Gasteiger partial charge in [0.05, 0.1) is 12.2 Å². The van der Waals surface area contributed by atoms with E-state index >= 15 is 0 Å². The number of likely N-dealkylation sites (N-methyl/N-ethyl adjacent to an activating group) is 1. The number of rotatable bonds is 1. The van der Waals surface area contributed by atoms with Gasteiger partial charge in [0, 0.05) is 20.1 Å². The Morgan fingerprint density at radius 3 is 3.07 bits per heavy atom. The molecule has 1 aliphatic rings. The summed E-state index contributed by atoms with van der Waals surface area (Å²) in [6, 6.07) is 1.86. The number of carbonyl (C=O) groups is 1. The van der Waals surface area contributed by atoms with Crippen molar-refractivity contribution in [2.24, 2.45) is 0 Å². The Morgan fingerprint density at radius 2 is 2.36 bits per heavy atom. The fourth-order valence-corrected chi connectivity index (χ4v) is 1.64. The fourth-order valence-electron chi connectivity index (χ4n) is 1.64. The maximum Gasteiger partial charge on any atom is 0.271 e. The molecule has 0 fully saturated rings. The minimum Gasteiger partial charge on any atom is -0.354 e. The lowest BCUT2D eigenvalue weighted by atomic mass is 10.3. The summed E-state index contributed by atoms with van der Waals surface area (Å²) in [5.74, 6) is -0.116. The van der Waals surface area contributed by atoms with Crippen LogP contribution in [0, 0.1) is 0 Å². The van der Waals surface area contributed by atoms with Crippen molar-refractivity contribution < 1.29 is 4.79 Å². The zero-order valence-electron chi connectivity index (χ0n) is 8.45. The number of aromatic nitrogens is 2. The molecule has 0 radical (unpaired) electrons.